The molecular weight excluding hydrogens is 333 g/mol. The van der Waals surface area contributed by atoms with Gasteiger partial charge in [-0.15, -0.1) is 0 Å². The third-order valence-corrected chi connectivity index (χ3v) is 4.08. The topological polar surface area (TPSA) is 55.1 Å². The van der Waals surface area contributed by atoms with E-state index in [9.17, 15) is 18.0 Å². The van der Waals surface area contributed by atoms with Gasteiger partial charge in [0.1, 0.15) is 0 Å². The molecule has 0 unspecified atom stereocenters. The molecule has 3 rings (SSSR count). The Balaban J connectivity index is 2.13. The number of carbonyl (C=O) groups is 1. The Labute approximate surface area is 141 Å². The molecule has 2 aromatic carbocycles. The van der Waals surface area contributed by atoms with E-state index in [4.69, 9.17) is 5.11 Å². The van der Waals surface area contributed by atoms with Crippen LogP contribution in [-0.4, -0.2) is 20.6 Å². The quantitative estimate of drug-likeness (QED) is 0.762. The van der Waals surface area contributed by atoms with E-state index in [1.54, 1.807) is 38.1 Å². The van der Waals surface area contributed by atoms with Crippen LogP contribution >= 0.6 is 0 Å². The van der Waals surface area contributed by atoms with E-state index in [-0.39, 0.29) is 17.6 Å². The number of carboxylic acids is 1. The van der Waals surface area contributed by atoms with Crippen molar-refractivity contribution in [3.8, 4) is 0 Å². The number of aromatic carboxylic acids is 1. The molecule has 0 aliphatic rings. The Hall–Kier alpha value is -2.83. The summed E-state index contributed by atoms with van der Waals surface area (Å²) in [5.74, 6) is -2.04. The Kier molecular flexibility index (Phi) is 4.02. The minimum Gasteiger partial charge on any atom is -0.478 e. The molecule has 0 amide bonds. The van der Waals surface area contributed by atoms with E-state index in [0.29, 0.717) is 16.6 Å². The van der Waals surface area contributed by atoms with Crippen LogP contribution in [-0.2, 0) is 12.7 Å². The molecule has 0 aliphatic heterocycles. The van der Waals surface area contributed by atoms with Crippen molar-refractivity contribution in [1.82, 2.24) is 9.55 Å². The van der Waals surface area contributed by atoms with Crippen molar-refractivity contribution >= 4 is 17.0 Å². The monoisotopic (exact) mass is 348 g/mol. The maximum atomic E-state index is 13.4. The number of aryl methyl sites for hydroxylation is 2. The van der Waals surface area contributed by atoms with Crippen molar-refractivity contribution < 1.29 is 23.1 Å². The zero-order valence-corrected chi connectivity index (χ0v) is 13.6. The van der Waals surface area contributed by atoms with E-state index in [1.165, 1.54) is 12.1 Å². The predicted octanol–water partition coefficient (Wildman–Crippen LogP) is 4.42. The number of halogens is 3. The number of fused-ring (bicyclic) bond motifs is 1. The standard InChI is InChI=1S/C18H15F3N2O2/c1-10-3-6-15-14(7-10)22-17(18(19,20)21)23(15)9-13-5-4-12(16(24)25)8-11(13)2/h3-8H,9H2,1-2H3,(H,24,25). The van der Waals surface area contributed by atoms with Gasteiger partial charge in [-0.1, -0.05) is 12.1 Å². The zero-order chi connectivity index (χ0) is 18.4. The van der Waals surface area contributed by atoms with Crippen LogP contribution in [0.5, 0.6) is 0 Å². The van der Waals surface area contributed by atoms with Crippen molar-refractivity contribution in [1.29, 1.82) is 0 Å². The van der Waals surface area contributed by atoms with Crippen LogP contribution in [0.4, 0.5) is 13.2 Å². The Bertz CT molecular complexity index is 974. The van der Waals surface area contributed by atoms with Crippen molar-refractivity contribution in [2.45, 2.75) is 26.6 Å². The third kappa shape index (κ3) is 3.22. The van der Waals surface area contributed by atoms with Crippen molar-refractivity contribution in [3.63, 3.8) is 0 Å². The second-order valence-corrected chi connectivity index (χ2v) is 5.96. The summed E-state index contributed by atoms with van der Waals surface area (Å²) < 4.78 is 41.3. The number of nitrogens with zero attached hydrogens (tertiary/aromatic N) is 2. The van der Waals surface area contributed by atoms with Gasteiger partial charge < -0.3 is 9.67 Å². The van der Waals surface area contributed by atoms with E-state index >= 15 is 0 Å². The highest BCUT2D eigenvalue weighted by Crippen LogP contribution is 2.32. The van der Waals surface area contributed by atoms with Gasteiger partial charge in [0.05, 0.1) is 16.6 Å². The number of hydrogen-bond donors (Lipinski definition) is 1. The summed E-state index contributed by atoms with van der Waals surface area (Å²) in [7, 11) is 0. The fourth-order valence-corrected chi connectivity index (χ4v) is 2.79. The second-order valence-electron chi connectivity index (χ2n) is 5.96. The number of carboxylic acid groups (broad SMARTS) is 1. The normalized spacial score (nSPS) is 11.9. The number of alkyl halides is 3. The lowest BCUT2D eigenvalue weighted by molar-refractivity contribution is -0.146. The van der Waals surface area contributed by atoms with Gasteiger partial charge in [-0.3, -0.25) is 0 Å². The molecule has 0 radical (unpaired) electrons. The molecule has 3 aromatic rings. The summed E-state index contributed by atoms with van der Waals surface area (Å²) >= 11 is 0. The van der Waals surface area contributed by atoms with Crippen molar-refractivity contribution in [2.75, 3.05) is 0 Å². The van der Waals surface area contributed by atoms with E-state index in [0.717, 1.165) is 10.1 Å². The molecule has 0 atom stereocenters. The fraction of sp³-hybridized carbons (Fsp3) is 0.222. The number of hydrogen-bond acceptors (Lipinski definition) is 2. The summed E-state index contributed by atoms with van der Waals surface area (Å²) in [5.41, 5.74) is 2.82. The second kappa shape index (κ2) is 5.91. The molecule has 1 aromatic heterocycles. The van der Waals surface area contributed by atoms with Gasteiger partial charge in [-0.05, 0) is 54.8 Å². The largest absolute Gasteiger partial charge is 0.478 e. The average Bonchev–Trinajstić information content (AvgIpc) is 2.87. The first kappa shape index (κ1) is 17.0. The first-order chi connectivity index (χ1) is 11.7. The van der Waals surface area contributed by atoms with Crippen LogP contribution in [0.1, 0.15) is 32.9 Å². The van der Waals surface area contributed by atoms with Crippen LogP contribution in [0.25, 0.3) is 11.0 Å². The zero-order valence-electron chi connectivity index (χ0n) is 13.6. The summed E-state index contributed by atoms with van der Waals surface area (Å²) in [5, 5.41) is 9.01. The minimum atomic E-state index is -4.58. The molecule has 0 saturated carbocycles. The van der Waals surface area contributed by atoms with Gasteiger partial charge in [-0.2, -0.15) is 13.2 Å². The number of imidazole rings is 1. The molecule has 0 spiro atoms. The maximum Gasteiger partial charge on any atom is 0.449 e. The Morgan fingerprint density at radius 2 is 1.88 bits per heavy atom. The molecule has 0 bridgehead atoms. The first-order valence-corrected chi connectivity index (χ1v) is 7.53. The molecule has 25 heavy (non-hydrogen) atoms. The average molecular weight is 348 g/mol. The lowest BCUT2D eigenvalue weighted by Gasteiger charge is -2.13. The number of benzene rings is 2. The number of rotatable bonds is 3. The van der Waals surface area contributed by atoms with Gasteiger partial charge in [0.2, 0.25) is 5.82 Å². The molecule has 1 heterocycles. The van der Waals surface area contributed by atoms with Crippen LogP contribution in [0.15, 0.2) is 36.4 Å². The maximum absolute atomic E-state index is 13.4. The molecular formula is C18H15F3N2O2. The lowest BCUT2D eigenvalue weighted by Crippen LogP contribution is -2.16. The molecule has 4 nitrogen and oxygen atoms in total. The van der Waals surface area contributed by atoms with E-state index < -0.39 is 18.0 Å². The van der Waals surface area contributed by atoms with Gasteiger partial charge in [0.25, 0.3) is 0 Å². The molecule has 1 N–H and O–H groups in total. The van der Waals surface area contributed by atoms with Crippen LogP contribution in [0.2, 0.25) is 0 Å². The molecule has 130 valence electrons. The van der Waals surface area contributed by atoms with E-state index in [1.807, 2.05) is 0 Å². The van der Waals surface area contributed by atoms with Gasteiger partial charge in [0, 0.05) is 6.54 Å². The highest BCUT2D eigenvalue weighted by atomic mass is 19.4. The first-order valence-electron chi connectivity index (χ1n) is 7.53. The van der Waals surface area contributed by atoms with E-state index in [2.05, 4.69) is 4.98 Å². The van der Waals surface area contributed by atoms with Crippen molar-refractivity contribution in [3.05, 3.63) is 64.5 Å². The fourth-order valence-electron chi connectivity index (χ4n) is 2.79. The number of aromatic nitrogens is 2. The summed E-state index contributed by atoms with van der Waals surface area (Å²) in [6.07, 6.45) is -4.58. The lowest BCUT2D eigenvalue weighted by atomic mass is 10.0. The van der Waals surface area contributed by atoms with Crippen LogP contribution in [0.3, 0.4) is 0 Å². The minimum absolute atomic E-state index is 0.0415. The Morgan fingerprint density at radius 3 is 2.48 bits per heavy atom. The molecule has 0 saturated heterocycles. The van der Waals surface area contributed by atoms with Gasteiger partial charge in [-0.25, -0.2) is 9.78 Å². The smallest absolute Gasteiger partial charge is 0.449 e. The van der Waals surface area contributed by atoms with Crippen molar-refractivity contribution in [2.24, 2.45) is 0 Å². The molecule has 0 fully saturated rings. The SMILES string of the molecule is Cc1ccc2c(c1)nc(C(F)(F)F)n2Cc1ccc(C(=O)O)cc1C. The Morgan fingerprint density at radius 1 is 1.16 bits per heavy atom. The highest BCUT2D eigenvalue weighted by Gasteiger charge is 2.37. The van der Waals surface area contributed by atoms with Gasteiger partial charge in [0.15, 0.2) is 0 Å². The highest BCUT2D eigenvalue weighted by molar-refractivity contribution is 5.87. The summed E-state index contributed by atoms with van der Waals surface area (Å²) in [6, 6.07) is 9.35. The summed E-state index contributed by atoms with van der Waals surface area (Å²) in [6.45, 7) is 3.43. The van der Waals surface area contributed by atoms with Crippen LogP contribution in [0, 0.1) is 13.8 Å². The van der Waals surface area contributed by atoms with Crippen LogP contribution < -0.4 is 0 Å². The molecule has 7 heteroatoms. The third-order valence-electron chi connectivity index (χ3n) is 4.08. The summed E-state index contributed by atoms with van der Waals surface area (Å²) in [4.78, 5) is 14.8. The van der Waals surface area contributed by atoms with Gasteiger partial charge >= 0.3 is 12.1 Å². The molecule has 0 aliphatic carbocycles. The predicted molar refractivity (Wildman–Crippen MR) is 86.7 cm³/mol.